The summed E-state index contributed by atoms with van der Waals surface area (Å²) in [4.78, 5) is 4.64. The second-order valence-corrected chi connectivity index (χ2v) is 7.74. The van der Waals surface area contributed by atoms with Gasteiger partial charge in [0.25, 0.3) is 0 Å². The fraction of sp³-hybridized carbons (Fsp3) is 0.923. The van der Waals surface area contributed by atoms with E-state index in [4.69, 9.17) is 4.74 Å². The van der Waals surface area contributed by atoms with E-state index in [2.05, 4.69) is 16.7 Å². The van der Waals surface area contributed by atoms with Crippen molar-refractivity contribution in [2.45, 2.75) is 18.9 Å². The maximum atomic E-state index is 11.4. The van der Waals surface area contributed by atoms with Crippen LogP contribution in [0.4, 0.5) is 0 Å². The van der Waals surface area contributed by atoms with E-state index in [1.807, 2.05) is 0 Å². The molecular weight excluding hydrogens is 264 g/mol. The van der Waals surface area contributed by atoms with Crippen LogP contribution in [0.3, 0.4) is 0 Å². The van der Waals surface area contributed by atoms with Crippen molar-refractivity contribution in [3.63, 3.8) is 0 Å². The molecule has 2 saturated heterocycles. The third-order valence-electron chi connectivity index (χ3n) is 4.01. The molecule has 2 aliphatic rings. The molecule has 0 aromatic heterocycles. The van der Waals surface area contributed by atoms with Crippen LogP contribution >= 0.6 is 0 Å². The Morgan fingerprint density at radius 3 is 2.37 bits per heavy atom. The average Bonchev–Trinajstić information content (AvgIpc) is 2.39. The van der Waals surface area contributed by atoms with Crippen molar-refractivity contribution in [3.05, 3.63) is 6.92 Å². The third kappa shape index (κ3) is 5.02. The molecule has 5 nitrogen and oxygen atoms in total. The minimum Gasteiger partial charge on any atom is -0.379 e. The molecule has 0 amide bonds. The highest BCUT2D eigenvalue weighted by Gasteiger charge is 2.24. The summed E-state index contributed by atoms with van der Waals surface area (Å²) in [6, 6.07) is 0.247. The van der Waals surface area contributed by atoms with Crippen molar-refractivity contribution in [2.75, 3.05) is 57.4 Å². The third-order valence-corrected chi connectivity index (χ3v) is 5.62. The first-order valence-corrected chi connectivity index (χ1v) is 8.97. The molecule has 0 N–H and O–H groups in total. The van der Waals surface area contributed by atoms with Gasteiger partial charge in [0.2, 0.25) is 0 Å². The fourth-order valence-corrected chi connectivity index (χ4v) is 3.88. The molecule has 19 heavy (non-hydrogen) atoms. The van der Waals surface area contributed by atoms with Crippen molar-refractivity contribution in [1.29, 1.82) is 0 Å². The van der Waals surface area contributed by atoms with Gasteiger partial charge >= 0.3 is 0 Å². The Kier molecular flexibility index (Phi) is 5.62. The molecule has 2 rings (SSSR count). The Bertz CT molecular complexity index is 352. The smallest absolute Gasteiger partial charge is 0.152 e. The largest absolute Gasteiger partial charge is 0.379 e. The van der Waals surface area contributed by atoms with Gasteiger partial charge in [-0.1, -0.05) is 0 Å². The lowest BCUT2D eigenvalue weighted by Gasteiger charge is -2.33. The topological polar surface area (TPSA) is 49.9 Å². The van der Waals surface area contributed by atoms with Crippen LogP contribution < -0.4 is 0 Å². The number of morpholine rings is 1. The number of ether oxygens (including phenoxy) is 1. The van der Waals surface area contributed by atoms with Gasteiger partial charge in [-0.25, -0.2) is 8.42 Å². The maximum Gasteiger partial charge on any atom is 0.152 e. The lowest BCUT2D eigenvalue weighted by Crippen LogP contribution is -2.45. The number of nitrogens with zero attached hydrogens (tertiary/aromatic N) is 2. The fourth-order valence-electron chi connectivity index (χ4n) is 2.65. The van der Waals surface area contributed by atoms with E-state index >= 15 is 0 Å². The standard InChI is InChI=1S/C13H25N2O3S/c1-13(15-7-11-19(16,17)12-8-15)3-2-4-14-5-9-18-10-6-14/h13H,1-12H2. The van der Waals surface area contributed by atoms with E-state index in [0.29, 0.717) is 24.6 Å². The van der Waals surface area contributed by atoms with Crippen LogP contribution in [0.2, 0.25) is 0 Å². The first kappa shape index (κ1) is 15.2. The second-order valence-electron chi connectivity index (χ2n) is 5.44. The van der Waals surface area contributed by atoms with E-state index < -0.39 is 9.84 Å². The van der Waals surface area contributed by atoms with Gasteiger partial charge in [0.05, 0.1) is 24.7 Å². The molecule has 0 aliphatic carbocycles. The normalized spacial score (nSPS) is 27.2. The molecule has 111 valence electrons. The molecule has 1 unspecified atom stereocenters. The molecule has 0 aromatic rings. The highest BCUT2D eigenvalue weighted by Crippen LogP contribution is 2.12. The second kappa shape index (κ2) is 7.02. The van der Waals surface area contributed by atoms with Crippen LogP contribution in [0, 0.1) is 6.92 Å². The summed E-state index contributed by atoms with van der Waals surface area (Å²) in [6.07, 6.45) is 2.16. The van der Waals surface area contributed by atoms with Gasteiger partial charge in [-0.3, -0.25) is 9.80 Å². The Morgan fingerprint density at radius 2 is 1.74 bits per heavy atom. The summed E-state index contributed by atoms with van der Waals surface area (Å²) in [5.74, 6) is 0.588. The first-order chi connectivity index (χ1) is 9.07. The number of hydrogen-bond donors (Lipinski definition) is 0. The first-order valence-electron chi connectivity index (χ1n) is 7.14. The molecule has 2 fully saturated rings. The Balaban J connectivity index is 1.63. The Hall–Kier alpha value is -0.170. The summed E-state index contributed by atoms with van der Waals surface area (Å²) in [7, 11) is -2.78. The van der Waals surface area contributed by atoms with Crippen molar-refractivity contribution in [3.8, 4) is 0 Å². The molecule has 6 heteroatoms. The van der Waals surface area contributed by atoms with Crippen molar-refractivity contribution in [2.24, 2.45) is 0 Å². The van der Waals surface area contributed by atoms with Crippen LogP contribution in [0.1, 0.15) is 12.8 Å². The van der Waals surface area contributed by atoms with E-state index in [9.17, 15) is 8.42 Å². The summed E-state index contributed by atoms with van der Waals surface area (Å²) < 4.78 is 28.1. The molecule has 2 aliphatic heterocycles. The van der Waals surface area contributed by atoms with E-state index in [0.717, 1.165) is 45.7 Å². The Labute approximate surface area is 116 Å². The van der Waals surface area contributed by atoms with Gasteiger partial charge in [-0.15, -0.1) is 0 Å². The number of rotatable bonds is 5. The minimum atomic E-state index is -2.78. The van der Waals surface area contributed by atoms with Gasteiger partial charge in [0.15, 0.2) is 9.84 Å². The summed E-state index contributed by atoms with van der Waals surface area (Å²) in [6.45, 7) is 10.3. The minimum absolute atomic E-state index is 0.247. The van der Waals surface area contributed by atoms with Gasteiger partial charge in [-0.05, 0) is 26.3 Å². The average molecular weight is 289 g/mol. The van der Waals surface area contributed by atoms with Crippen LogP contribution in [0.25, 0.3) is 0 Å². The van der Waals surface area contributed by atoms with Gasteiger partial charge in [0.1, 0.15) is 0 Å². The number of hydrogen-bond acceptors (Lipinski definition) is 5. The van der Waals surface area contributed by atoms with E-state index in [1.54, 1.807) is 0 Å². The zero-order valence-corrected chi connectivity index (χ0v) is 12.4. The molecule has 2 heterocycles. The SMILES string of the molecule is [CH2]C(CCCN1CCOCC1)N1CCS(=O)(=O)CC1. The van der Waals surface area contributed by atoms with Crippen LogP contribution in [0.5, 0.6) is 0 Å². The monoisotopic (exact) mass is 289 g/mol. The van der Waals surface area contributed by atoms with Gasteiger partial charge in [0, 0.05) is 32.2 Å². The number of sulfone groups is 1. The molecule has 0 spiro atoms. The predicted octanol–water partition coefficient (Wildman–Crippen LogP) is 0.0319. The molecule has 1 radical (unpaired) electrons. The van der Waals surface area contributed by atoms with Crippen molar-refractivity contribution in [1.82, 2.24) is 9.80 Å². The molecule has 1 atom stereocenters. The highest BCUT2D eigenvalue weighted by molar-refractivity contribution is 7.91. The summed E-state index contributed by atoms with van der Waals surface area (Å²) >= 11 is 0. The molecule has 0 bridgehead atoms. The molecular formula is C13H25N2O3S. The Morgan fingerprint density at radius 1 is 1.11 bits per heavy atom. The van der Waals surface area contributed by atoms with Crippen LogP contribution in [-0.2, 0) is 14.6 Å². The van der Waals surface area contributed by atoms with Crippen molar-refractivity contribution >= 4 is 9.84 Å². The van der Waals surface area contributed by atoms with Gasteiger partial charge in [-0.2, -0.15) is 0 Å². The van der Waals surface area contributed by atoms with Crippen molar-refractivity contribution < 1.29 is 13.2 Å². The zero-order chi connectivity index (χ0) is 13.7. The summed E-state index contributed by atoms with van der Waals surface area (Å²) in [5, 5.41) is 0. The van der Waals surface area contributed by atoms with Gasteiger partial charge < -0.3 is 4.74 Å². The lowest BCUT2D eigenvalue weighted by atomic mass is 10.1. The molecule has 0 saturated carbocycles. The quantitative estimate of drug-likeness (QED) is 0.715. The highest BCUT2D eigenvalue weighted by atomic mass is 32.2. The summed E-state index contributed by atoms with van der Waals surface area (Å²) in [5.41, 5.74) is 0. The van der Waals surface area contributed by atoms with Crippen LogP contribution in [0.15, 0.2) is 0 Å². The molecule has 0 aromatic carbocycles. The zero-order valence-electron chi connectivity index (χ0n) is 11.6. The maximum absolute atomic E-state index is 11.4. The predicted molar refractivity (Wildman–Crippen MR) is 75.9 cm³/mol. The van der Waals surface area contributed by atoms with E-state index in [-0.39, 0.29) is 6.04 Å². The van der Waals surface area contributed by atoms with E-state index in [1.165, 1.54) is 0 Å². The van der Waals surface area contributed by atoms with Crippen LogP contribution in [-0.4, -0.2) is 81.7 Å². The lowest BCUT2D eigenvalue weighted by molar-refractivity contribution is 0.0364.